The van der Waals surface area contributed by atoms with Crippen LogP contribution in [0, 0.1) is 0 Å². The smallest absolute Gasteiger partial charge is 0.312 e. The molecule has 21 heavy (non-hydrogen) atoms. The zero-order valence-electron chi connectivity index (χ0n) is 11.6. The van der Waals surface area contributed by atoms with Crippen LogP contribution in [0.1, 0.15) is 37.7 Å². The van der Waals surface area contributed by atoms with E-state index in [2.05, 4.69) is 10.8 Å². The maximum atomic E-state index is 12.2. The van der Waals surface area contributed by atoms with E-state index in [1.807, 2.05) is 0 Å². The van der Waals surface area contributed by atoms with Gasteiger partial charge in [0.2, 0.25) is 5.91 Å². The largest absolute Gasteiger partial charge is 0.326 e. The number of anilines is 1. The fraction of sp³-hybridized carbons (Fsp3) is 0.500. The summed E-state index contributed by atoms with van der Waals surface area (Å²) in [6.45, 7) is 0. The van der Waals surface area contributed by atoms with Crippen LogP contribution in [0.4, 0.5) is 5.69 Å². The van der Waals surface area contributed by atoms with E-state index in [0.29, 0.717) is 11.3 Å². The molecule has 1 aromatic carbocycles. The molecule has 0 atom stereocenters. The number of amides is 1. The Balaban J connectivity index is 1.70. The lowest BCUT2D eigenvalue weighted by atomic mass is 9.96. The van der Waals surface area contributed by atoms with Crippen LogP contribution < -0.4 is 10.8 Å². The minimum Gasteiger partial charge on any atom is -0.326 e. The Bertz CT molecular complexity index is 651. The summed E-state index contributed by atoms with van der Waals surface area (Å²) < 4.78 is 29.3. The summed E-state index contributed by atoms with van der Waals surface area (Å²) in [7, 11) is -3.85. The maximum Gasteiger partial charge on any atom is 0.312 e. The van der Waals surface area contributed by atoms with Gasteiger partial charge in [0, 0.05) is 11.7 Å². The van der Waals surface area contributed by atoms with E-state index >= 15 is 0 Å². The number of hydrogen-bond donors (Lipinski definition) is 2. The van der Waals surface area contributed by atoms with Gasteiger partial charge in [-0.25, -0.2) is 0 Å². The summed E-state index contributed by atoms with van der Waals surface area (Å²) in [5.74, 6) is -0.124. The van der Waals surface area contributed by atoms with E-state index in [1.54, 1.807) is 6.07 Å². The van der Waals surface area contributed by atoms with E-state index in [0.717, 1.165) is 25.7 Å². The summed E-state index contributed by atoms with van der Waals surface area (Å²) in [4.78, 5) is 11.4. The van der Waals surface area contributed by atoms with Gasteiger partial charge in [-0.05, 0) is 36.6 Å². The average Bonchev–Trinajstić information content (AvgIpc) is 2.85. The van der Waals surface area contributed by atoms with Crippen LogP contribution >= 0.6 is 0 Å². The van der Waals surface area contributed by atoms with E-state index < -0.39 is 10.1 Å². The number of benzene rings is 1. The number of nitrogens with one attached hydrogen (secondary N) is 2. The van der Waals surface area contributed by atoms with Crippen LogP contribution in [0.15, 0.2) is 23.1 Å². The monoisotopic (exact) mass is 310 g/mol. The Morgan fingerprint density at radius 1 is 1.19 bits per heavy atom. The van der Waals surface area contributed by atoms with Crippen LogP contribution in [0.5, 0.6) is 0 Å². The van der Waals surface area contributed by atoms with E-state index in [4.69, 9.17) is 4.28 Å². The lowest BCUT2D eigenvalue weighted by Gasteiger charge is -2.21. The van der Waals surface area contributed by atoms with Crippen molar-refractivity contribution in [3.63, 3.8) is 0 Å². The molecule has 1 aromatic rings. The normalized spacial score (nSPS) is 19.3. The van der Waals surface area contributed by atoms with E-state index in [9.17, 15) is 13.2 Å². The first kappa shape index (κ1) is 14.5. The van der Waals surface area contributed by atoms with Crippen molar-refractivity contribution in [1.29, 1.82) is 0 Å². The van der Waals surface area contributed by atoms with Gasteiger partial charge in [-0.15, -0.1) is 0 Å². The van der Waals surface area contributed by atoms with Crippen LogP contribution in [0.2, 0.25) is 0 Å². The minimum absolute atomic E-state index is 0.0704. The molecule has 3 rings (SSSR count). The fourth-order valence-electron chi connectivity index (χ4n) is 2.76. The standard InChI is InChI=1S/C14H18N2O4S/c17-14-9-10-8-12(6-7-13(10)15-14)21(18,19)20-16-11-4-2-1-3-5-11/h6-8,11,16H,1-5,9H2,(H,15,17). The number of hydroxylamine groups is 1. The Kier molecular flexibility index (Phi) is 3.97. The highest BCUT2D eigenvalue weighted by molar-refractivity contribution is 7.86. The molecule has 0 spiro atoms. The SMILES string of the molecule is O=C1Cc2cc(S(=O)(=O)ONC3CCCCC3)ccc2N1. The van der Waals surface area contributed by atoms with Crippen LogP contribution in [-0.4, -0.2) is 20.4 Å². The molecule has 1 amide bonds. The maximum absolute atomic E-state index is 12.2. The van der Waals surface area contributed by atoms with Gasteiger partial charge in [0.1, 0.15) is 0 Å². The molecule has 0 saturated heterocycles. The highest BCUT2D eigenvalue weighted by Gasteiger charge is 2.24. The van der Waals surface area contributed by atoms with Gasteiger partial charge in [-0.2, -0.15) is 18.2 Å². The lowest BCUT2D eigenvalue weighted by molar-refractivity contribution is -0.115. The molecule has 0 aromatic heterocycles. The molecular weight excluding hydrogens is 292 g/mol. The van der Waals surface area contributed by atoms with Crippen LogP contribution in [0.3, 0.4) is 0 Å². The zero-order chi connectivity index (χ0) is 14.9. The van der Waals surface area contributed by atoms with Crippen molar-refractivity contribution >= 4 is 21.7 Å². The number of hydrogen-bond acceptors (Lipinski definition) is 5. The van der Waals surface area contributed by atoms with Gasteiger partial charge in [0.05, 0.1) is 11.3 Å². The highest BCUT2D eigenvalue weighted by atomic mass is 32.2. The number of fused-ring (bicyclic) bond motifs is 1. The molecule has 2 aliphatic rings. The predicted molar refractivity (Wildman–Crippen MR) is 77.1 cm³/mol. The molecule has 0 unspecified atom stereocenters. The van der Waals surface area contributed by atoms with Crippen molar-refractivity contribution in [2.45, 2.75) is 49.5 Å². The summed E-state index contributed by atoms with van der Waals surface area (Å²) in [6, 6.07) is 4.62. The van der Waals surface area contributed by atoms with Gasteiger partial charge in [0.15, 0.2) is 0 Å². The van der Waals surface area contributed by atoms with E-state index in [-0.39, 0.29) is 23.3 Å². The number of rotatable bonds is 4. The molecule has 1 heterocycles. The highest BCUT2D eigenvalue weighted by Crippen LogP contribution is 2.26. The molecule has 1 aliphatic carbocycles. The van der Waals surface area contributed by atoms with Gasteiger partial charge in [-0.1, -0.05) is 19.3 Å². The fourth-order valence-corrected chi connectivity index (χ4v) is 3.64. The molecule has 7 heteroatoms. The van der Waals surface area contributed by atoms with Crippen molar-refractivity contribution in [1.82, 2.24) is 5.48 Å². The molecule has 0 radical (unpaired) electrons. The topological polar surface area (TPSA) is 84.5 Å². The third kappa shape index (κ3) is 3.25. The first-order chi connectivity index (χ1) is 10.0. The first-order valence-electron chi connectivity index (χ1n) is 7.16. The quantitative estimate of drug-likeness (QED) is 0.827. The molecule has 1 fully saturated rings. The Morgan fingerprint density at radius 3 is 2.71 bits per heavy atom. The molecule has 2 N–H and O–H groups in total. The Labute approximate surface area is 124 Å². The molecule has 114 valence electrons. The first-order valence-corrected chi connectivity index (χ1v) is 8.57. The Hall–Kier alpha value is -1.44. The second-order valence-corrected chi connectivity index (χ2v) is 7.08. The minimum atomic E-state index is -3.85. The summed E-state index contributed by atoms with van der Waals surface area (Å²) in [5.41, 5.74) is 4.01. The van der Waals surface area contributed by atoms with E-state index in [1.165, 1.54) is 18.6 Å². The molecule has 1 aliphatic heterocycles. The van der Waals surface area contributed by atoms with Gasteiger partial charge in [-0.3, -0.25) is 4.79 Å². The van der Waals surface area contributed by atoms with Crippen molar-refractivity contribution < 1.29 is 17.5 Å². The van der Waals surface area contributed by atoms with Crippen molar-refractivity contribution in [2.24, 2.45) is 0 Å². The molecule has 1 saturated carbocycles. The third-order valence-corrected chi connectivity index (χ3v) is 5.07. The number of carbonyl (C=O) groups is 1. The van der Waals surface area contributed by atoms with Crippen molar-refractivity contribution in [2.75, 3.05) is 5.32 Å². The molecule has 0 bridgehead atoms. The lowest BCUT2D eigenvalue weighted by Crippen LogP contribution is -2.33. The predicted octanol–water partition coefficient (Wildman–Crippen LogP) is 1.72. The van der Waals surface area contributed by atoms with Gasteiger partial charge >= 0.3 is 10.1 Å². The molecular formula is C14H18N2O4S. The zero-order valence-corrected chi connectivity index (χ0v) is 12.4. The summed E-state index contributed by atoms with van der Waals surface area (Å²) in [5, 5.41) is 2.67. The summed E-state index contributed by atoms with van der Waals surface area (Å²) >= 11 is 0. The second kappa shape index (κ2) is 5.75. The van der Waals surface area contributed by atoms with Crippen LogP contribution in [0.25, 0.3) is 0 Å². The molecule has 6 nitrogen and oxygen atoms in total. The Morgan fingerprint density at radius 2 is 1.95 bits per heavy atom. The number of carbonyl (C=O) groups excluding carboxylic acids is 1. The van der Waals surface area contributed by atoms with Crippen molar-refractivity contribution in [3.8, 4) is 0 Å². The van der Waals surface area contributed by atoms with Gasteiger partial charge < -0.3 is 5.32 Å². The summed E-state index contributed by atoms with van der Waals surface area (Å²) in [6.07, 6.45) is 5.43. The van der Waals surface area contributed by atoms with Gasteiger partial charge in [0.25, 0.3) is 0 Å². The second-order valence-electron chi connectivity index (χ2n) is 5.53. The third-order valence-electron chi connectivity index (χ3n) is 3.92. The average molecular weight is 310 g/mol. The van der Waals surface area contributed by atoms with Crippen molar-refractivity contribution in [3.05, 3.63) is 23.8 Å². The van der Waals surface area contributed by atoms with Crippen LogP contribution in [-0.2, 0) is 25.6 Å².